The van der Waals surface area contributed by atoms with Crippen LogP contribution < -0.4 is 11.1 Å². The van der Waals surface area contributed by atoms with Gasteiger partial charge in [-0.25, -0.2) is 4.79 Å². The number of piperidine rings is 1. The Morgan fingerprint density at radius 3 is 2.78 bits per heavy atom. The molecule has 0 spiro atoms. The molecule has 2 aliphatic heterocycles. The molecule has 2 saturated heterocycles. The first-order valence-electron chi connectivity index (χ1n) is 8.90. The summed E-state index contributed by atoms with van der Waals surface area (Å²) in [6.07, 6.45) is 0.459. The fourth-order valence-corrected chi connectivity index (χ4v) is 3.38. The van der Waals surface area contributed by atoms with Gasteiger partial charge in [-0.3, -0.25) is 24.4 Å². The Morgan fingerprint density at radius 2 is 2.00 bits per heavy atom. The number of benzene rings is 1. The van der Waals surface area contributed by atoms with E-state index in [0.29, 0.717) is 36.4 Å². The fraction of sp³-hybridized carbons (Fsp3) is 0.421. The van der Waals surface area contributed by atoms with Crippen LogP contribution in [0.1, 0.15) is 24.4 Å². The highest BCUT2D eigenvalue weighted by Gasteiger charge is 2.31. The molecule has 2 fully saturated rings. The molecular formula is C19H19N3O5. The van der Waals surface area contributed by atoms with Crippen molar-refractivity contribution in [2.75, 3.05) is 32.8 Å². The maximum Gasteiger partial charge on any atom is 0.420 e. The van der Waals surface area contributed by atoms with E-state index >= 15 is 0 Å². The predicted octanol–water partition coefficient (Wildman–Crippen LogP) is 0.256. The van der Waals surface area contributed by atoms with E-state index in [4.69, 9.17) is 9.15 Å². The molecule has 0 radical (unpaired) electrons. The zero-order valence-electron chi connectivity index (χ0n) is 14.7. The number of imide groups is 1. The van der Waals surface area contributed by atoms with Gasteiger partial charge in [-0.1, -0.05) is 17.9 Å². The van der Waals surface area contributed by atoms with E-state index in [9.17, 15) is 14.4 Å². The number of hydrogen-bond donors (Lipinski definition) is 1. The van der Waals surface area contributed by atoms with Crippen molar-refractivity contribution in [1.82, 2.24) is 14.8 Å². The number of rotatable bonds is 2. The van der Waals surface area contributed by atoms with Crippen LogP contribution in [0.5, 0.6) is 0 Å². The standard InChI is InChI=1S/C19H19N3O5/c23-16-7-6-15(18(24)20-16)22-14-5-1-3-13(17(14)27-19(22)25)4-2-8-21-9-11-26-12-10-21/h1,3,5,15H,6-12H2,(H,20,23,24). The molecule has 27 heavy (non-hydrogen) atoms. The van der Waals surface area contributed by atoms with Gasteiger partial charge in [0.25, 0.3) is 0 Å². The summed E-state index contributed by atoms with van der Waals surface area (Å²) in [5.41, 5.74) is 1.47. The van der Waals surface area contributed by atoms with Crippen LogP contribution in [-0.4, -0.2) is 54.1 Å². The predicted molar refractivity (Wildman–Crippen MR) is 96.0 cm³/mol. The van der Waals surface area contributed by atoms with Gasteiger partial charge in [0.05, 0.1) is 30.8 Å². The normalized spacial score (nSPS) is 21.0. The topological polar surface area (TPSA) is 93.8 Å². The lowest BCUT2D eigenvalue weighted by molar-refractivity contribution is -0.135. The summed E-state index contributed by atoms with van der Waals surface area (Å²) in [4.78, 5) is 38.1. The van der Waals surface area contributed by atoms with Crippen LogP contribution in [0.2, 0.25) is 0 Å². The molecule has 4 rings (SSSR count). The van der Waals surface area contributed by atoms with Crippen LogP contribution in [0.4, 0.5) is 0 Å². The summed E-state index contributed by atoms with van der Waals surface area (Å²) < 4.78 is 12.0. The first kappa shape index (κ1) is 17.5. The minimum atomic E-state index is -0.756. The van der Waals surface area contributed by atoms with E-state index in [0.717, 1.165) is 13.1 Å². The second-order valence-electron chi connectivity index (χ2n) is 6.55. The molecule has 0 saturated carbocycles. The molecule has 1 N–H and O–H groups in total. The summed E-state index contributed by atoms with van der Waals surface area (Å²) >= 11 is 0. The van der Waals surface area contributed by atoms with E-state index in [1.54, 1.807) is 18.2 Å². The van der Waals surface area contributed by atoms with E-state index in [2.05, 4.69) is 22.1 Å². The highest BCUT2D eigenvalue weighted by molar-refractivity contribution is 6.00. The van der Waals surface area contributed by atoms with Crippen molar-refractivity contribution in [2.45, 2.75) is 18.9 Å². The molecule has 1 aromatic heterocycles. The second-order valence-corrected chi connectivity index (χ2v) is 6.55. The number of nitrogens with zero attached hydrogens (tertiary/aromatic N) is 2. The monoisotopic (exact) mass is 369 g/mol. The Balaban J connectivity index is 1.64. The van der Waals surface area contributed by atoms with Gasteiger partial charge < -0.3 is 9.15 Å². The molecular weight excluding hydrogens is 350 g/mol. The van der Waals surface area contributed by atoms with Crippen molar-refractivity contribution in [3.8, 4) is 11.8 Å². The minimum absolute atomic E-state index is 0.189. The number of amides is 2. The summed E-state index contributed by atoms with van der Waals surface area (Å²) in [5, 5.41) is 2.27. The van der Waals surface area contributed by atoms with Gasteiger partial charge >= 0.3 is 5.76 Å². The molecule has 2 aliphatic rings. The smallest absolute Gasteiger partial charge is 0.406 e. The number of nitrogens with one attached hydrogen (secondary N) is 1. The van der Waals surface area contributed by atoms with Crippen molar-refractivity contribution in [2.24, 2.45) is 0 Å². The molecule has 3 heterocycles. The van der Waals surface area contributed by atoms with Crippen LogP contribution in [-0.2, 0) is 14.3 Å². The summed E-state index contributed by atoms with van der Waals surface area (Å²) in [5.74, 6) is 4.74. The van der Waals surface area contributed by atoms with Crippen molar-refractivity contribution in [1.29, 1.82) is 0 Å². The maximum absolute atomic E-state index is 12.4. The Labute approximate surface area is 155 Å². The molecule has 140 valence electrons. The first-order chi connectivity index (χ1) is 13.1. The van der Waals surface area contributed by atoms with Crippen LogP contribution >= 0.6 is 0 Å². The number of hydrogen-bond acceptors (Lipinski definition) is 6. The highest BCUT2D eigenvalue weighted by atomic mass is 16.5. The molecule has 8 nitrogen and oxygen atoms in total. The zero-order valence-corrected chi connectivity index (χ0v) is 14.7. The summed E-state index contributed by atoms with van der Waals surface area (Å²) in [6.45, 7) is 3.72. The van der Waals surface area contributed by atoms with Crippen molar-refractivity contribution >= 4 is 22.9 Å². The van der Waals surface area contributed by atoms with Gasteiger partial charge in [0.2, 0.25) is 11.8 Å². The van der Waals surface area contributed by atoms with E-state index in [1.807, 2.05) is 0 Å². The highest BCUT2D eigenvalue weighted by Crippen LogP contribution is 2.24. The lowest BCUT2D eigenvalue weighted by Crippen LogP contribution is -2.43. The molecule has 0 aliphatic carbocycles. The SMILES string of the molecule is O=C1CCC(n2c(=O)oc3c(C#CCN4CCOCC4)cccc32)C(=O)N1. The largest absolute Gasteiger partial charge is 0.420 e. The Bertz CT molecular complexity index is 1000. The van der Waals surface area contributed by atoms with E-state index in [-0.39, 0.29) is 18.7 Å². The summed E-state index contributed by atoms with van der Waals surface area (Å²) in [7, 11) is 0. The fourth-order valence-electron chi connectivity index (χ4n) is 3.38. The van der Waals surface area contributed by atoms with Crippen LogP contribution in [0.25, 0.3) is 11.1 Å². The van der Waals surface area contributed by atoms with Crippen LogP contribution in [0.15, 0.2) is 27.4 Å². The molecule has 1 aromatic carbocycles. The van der Waals surface area contributed by atoms with E-state index < -0.39 is 17.7 Å². The molecule has 2 amide bonds. The van der Waals surface area contributed by atoms with Crippen molar-refractivity contribution < 1.29 is 18.7 Å². The number of aromatic nitrogens is 1. The second kappa shape index (κ2) is 7.39. The zero-order chi connectivity index (χ0) is 18.8. The molecule has 2 aromatic rings. The Morgan fingerprint density at radius 1 is 1.19 bits per heavy atom. The average Bonchev–Trinajstić information content (AvgIpc) is 3.00. The molecule has 1 unspecified atom stereocenters. The molecule has 1 atom stereocenters. The van der Waals surface area contributed by atoms with Crippen molar-refractivity contribution in [3.63, 3.8) is 0 Å². The number of carbonyl (C=O) groups is 2. The number of morpholine rings is 1. The lowest BCUT2D eigenvalue weighted by Gasteiger charge is -2.24. The minimum Gasteiger partial charge on any atom is -0.406 e. The summed E-state index contributed by atoms with van der Waals surface area (Å²) in [6, 6.07) is 4.52. The molecule has 0 bridgehead atoms. The van der Waals surface area contributed by atoms with Gasteiger partial charge in [0, 0.05) is 19.5 Å². The number of fused-ring (bicyclic) bond motifs is 1. The Hall–Kier alpha value is -2.89. The third-order valence-electron chi connectivity index (χ3n) is 4.79. The number of carbonyl (C=O) groups excluding carboxylic acids is 2. The van der Waals surface area contributed by atoms with Crippen molar-refractivity contribution in [3.05, 3.63) is 34.3 Å². The van der Waals surface area contributed by atoms with Gasteiger partial charge in [-0.2, -0.15) is 0 Å². The first-order valence-corrected chi connectivity index (χ1v) is 8.90. The number of ether oxygens (including phenoxy) is 1. The van der Waals surface area contributed by atoms with Crippen LogP contribution in [0, 0.1) is 11.8 Å². The quantitative estimate of drug-likeness (QED) is 0.603. The lowest BCUT2D eigenvalue weighted by atomic mass is 10.1. The van der Waals surface area contributed by atoms with Gasteiger partial charge in [-0.15, -0.1) is 0 Å². The third kappa shape index (κ3) is 3.52. The Kier molecular flexibility index (Phi) is 4.79. The number of oxazole rings is 1. The van der Waals surface area contributed by atoms with Crippen LogP contribution in [0.3, 0.4) is 0 Å². The van der Waals surface area contributed by atoms with Gasteiger partial charge in [0.1, 0.15) is 6.04 Å². The molecule has 8 heteroatoms. The maximum atomic E-state index is 12.4. The van der Waals surface area contributed by atoms with Gasteiger partial charge in [-0.05, 0) is 18.6 Å². The van der Waals surface area contributed by atoms with E-state index in [1.165, 1.54) is 4.57 Å². The third-order valence-corrected chi connectivity index (χ3v) is 4.79. The van der Waals surface area contributed by atoms with Gasteiger partial charge in [0.15, 0.2) is 5.58 Å². The average molecular weight is 369 g/mol. The number of para-hydroxylation sites is 1.